The molecule has 0 aliphatic carbocycles. The van der Waals surface area contributed by atoms with Crippen LogP contribution in [0.25, 0.3) is 0 Å². The maximum absolute atomic E-state index is 5.67. The van der Waals surface area contributed by atoms with Gasteiger partial charge in [0.1, 0.15) is 13.2 Å². The van der Waals surface area contributed by atoms with Crippen molar-refractivity contribution in [3.63, 3.8) is 0 Å². The summed E-state index contributed by atoms with van der Waals surface area (Å²) in [5.41, 5.74) is 2.22. The third-order valence-corrected chi connectivity index (χ3v) is 3.56. The van der Waals surface area contributed by atoms with Crippen molar-refractivity contribution in [1.29, 1.82) is 0 Å². The second kappa shape index (κ2) is 6.18. The fraction of sp³-hybridized carbons (Fsp3) is 0.438. The maximum atomic E-state index is 5.67. The third kappa shape index (κ3) is 3.19. The molecule has 0 fully saturated rings. The van der Waals surface area contributed by atoms with E-state index in [4.69, 9.17) is 9.47 Å². The van der Waals surface area contributed by atoms with E-state index in [9.17, 15) is 0 Å². The molecule has 0 amide bonds. The van der Waals surface area contributed by atoms with Crippen LogP contribution in [0.15, 0.2) is 30.5 Å². The molecule has 1 unspecified atom stereocenters. The molecule has 0 saturated heterocycles. The molecule has 1 aliphatic rings. The number of aromatic nitrogens is 2. The van der Waals surface area contributed by atoms with E-state index in [2.05, 4.69) is 29.5 Å². The second-order valence-corrected chi connectivity index (χ2v) is 5.19. The van der Waals surface area contributed by atoms with Crippen molar-refractivity contribution in [3.8, 4) is 11.5 Å². The standard InChI is InChI=1S/C16H21N3O2/c1-3-17-14(11-19-7-6-12(2)18-19)13-4-5-15-16(10-13)21-9-8-20-15/h4-7,10,14,17H,3,8-9,11H2,1-2H3. The average Bonchev–Trinajstić information content (AvgIpc) is 2.91. The van der Waals surface area contributed by atoms with Crippen LogP contribution in [-0.2, 0) is 6.54 Å². The molecule has 21 heavy (non-hydrogen) atoms. The van der Waals surface area contributed by atoms with E-state index in [1.807, 2.05) is 29.9 Å². The summed E-state index contributed by atoms with van der Waals surface area (Å²) < 4.78 is 13.2. The van der Waals surface area contributed by atoms with Gasteiger partial charge in [0.15, 0.2) is 11.5 Å². The molecule has 3 rings (SSSR count). The van der Waals surface area contributed by atoms with Gasteiger partial charge in [0.25, 0.3) is 0 Å². The van der Waals surface area contributed by atoms with Crippen molar-refractivity contribution < 1.29 is 9.47 Å². The van der Waals surface area contributed by atoms with Crippen LogP contribution in [0.4, 0.5) is 0 Å². The lowest BCUT2D eigenvalue weighted by atomic mass is 10.1. The van der Waals surface area contributed by atoms with Gasteiger partial charge in [-0.05, 0) is 37.2 Å². The fourth-order valence-corrected chi connectivity index (χ4v) is 2.56. The van der Waals surface area contributed by atoms with E-state index in [0.717, 1.165) is 30.3 Å². The smallest absolute Gasteiger partial charge is 0.161 e. The second-order valence-electron chi connectivity index (χ2n) is 5.19. The van der Waals surface area contributed by atoms with Crippen molar-refractivity contribution in [1.82, 2.24) is 15.1 Å². The Labute approximate surface area is 124 Å². The highest BCUT2D eigenvalue weighted by Crippen LogP contribution is 2.32. The first-order chi connectivity index (χ1) is 10.3. The largest absolute Gasteiger partial charge is 0.486 e. The van der Waals surface area contributed by atoms with Crippen LogP contribution in [0.5, 0.6) is 11.5 Å². The lowest BCUT2D eigenvalue weighted by Crippen LogP contribution is -2.26. The Morgan fingerprint density at radius 1 is 1.24 bits per heavy atom. The summed E-state index contributed by atoms with van der Waals surface area (Å²) in [6.45, 7) is 7.04. The third-order valence-electron chi connectivity index (χ3n) is 3.56. The van der Waals surface area contributed by atoms with Crippen LogP contribution < -0.4 is 14.8 Å². The summed E-state index contributed by atoms with van der Waals surface area (Å²) in [5.74, 6) is 1.66. The van der Waals surface area contributed by atoms with E-state index in [-0.39, 0.29) is 6.04 Å². The molecular formula is C16H21N3O2. The maximum Gasteiger partial charge on any atom is 0.161 e. The van der Waals surface area contributed by atoms with Gasteiger partial charge < -0.3 is 14.8 Å². The minimum Gasteiger partial charge on any atom is -0.486 e. The number of hydrogen-bond donors (Lipinski definition) is 1. The summed E-state index contributed by atoms with van der Waals surface area (Å²) in [5, 5.41) is 7.97. The molecule has 1 N–H and O–H groups in total. The van der Waals surface area contributed by atoms with Crippen LogP contribution in [0.2, 0.25) is 0 Å². The number of nitrogens with one attached hydrogen (secondary N) is 1. The highest BCUT2D eigenvalue weighted by Gasteiger charge is 2.17. The van der Waals surface area contributed by atoms with E-state index in [1.54, 1.807) is 0 Å². The molecule has 2 aromatic rings. The van der Waals surface area contributed by atoms with Crippen LogP contribution >= 0.6 is 0 Å². The summed E-state index contributed by atoms with van der Waals surface area (Å²) >= 11 is 0. The number of fused-ring (bicyclic) bond motifs is 1. The number of aryl methyl sites for hydroxylation is 1. The first kappa shape index (κ1) is 13.9. The molecule has 1 atom stereocenters. The normalized spacial score (nSPS) is 15.0. The number of ether oxygens (including phenoxy) is 2. The van der Waals surface area contributed by atoms with Gasteiger partial charge in [0.2, 0.25) is 0 Å². The zero-order valence-corrected chi connectivity index (χ0v) is 12.5. The van der Waals surface area contributed by atoms with E-state index < -0.39 is 0 Å². The number of benzene rings is 1. The number of hydrogen-bond acceptors (Lipinski definition) is 4. The lowest BCUT2D eigenvalue weighted by Gasteiger charge is -2.22. The molecule has 1 aromatic heterocycles. The zero-order chi connectivity index (χ0) is 14.7. The molecule has 2 heterocycles. The molecule has 5 nitrogen and oxygen atoms in total. The monoisotopic (exact) mass is 287 g/mol. The van der Waals surface area contributed by atoms with E-state index in [0.29, 0.717) is 13.2 Å². The molecule has 0 bridgehead atoms. The minimum absolute atomic E-state index is 0.199. The van der Waals surface area contributed by atoms with E-state index in [1.165, 1.54) is 5.56 Å². The van der Waals surface area contributed by atoms with Crippen LogP contribution in [0.3, 0.4) is 0 Å². The molecule has 1 aromatic carbocycles. The molecule has 112 valence electrons. The van der Waals surface area contributed by atoms with Gasteiger partial charge in [-0.25, -0.2) is 0 Å². The van der Waals surface area contributed by atoms with Gasteiger partial charge in [-0.15, -0.1) is 0 Å². The number of rotatable bonds is 5. The summed E-state index contributed by atoms with van der Waals surface area (Å²) in [7, 11) is 0. The topological polar surface area (TPSA) is 48.3 Å². The highest BCUT2D eigenvalue weighted by molar-refractivity contribution is 5.44. The van der Waals surface area contributed by atoms with Crippen LogP contribution in [-0.4, -0.2) is 29.5 Å². The minimum atomic E-state index is 0.199. The van der Waals surface area contributed by atoms with Gasteiger partial charge in [-0.2, -0.15) is 5.10 Å². The Bertz CT molecular complexity index is 609. The molecular weight excluding hydrogens is 266 g/mol. The van der Waals surface area contributed by atoms with Crippen molar-refractivity contribution in [2.45, 2.75) is 26.4 Å². The van der Waals surface area contributed by atoms with Gasteiger partial charge in [0.05, 0.1) is 18.3 Å². The molecule has 0 spiro atoms. The van der Waals surface area contributed by atoms with Gasteiger partial charge in [-0.3, -0.25) is 4.68 Å². The van der Waals surface area contributed by atoms with Crippen LogP contribution in [0, 0.1) is 6.92 Å². The van der Waals surface area contributed by atoms with Crippen molar-refractivity contribution in [3.05, 3.63) is 41.7 Å². The molecule has 1 aliphatic heterocycles. The Morgan fingerprint density at radius 2 is 2.05 bits per heavy atom. The van der Waals surface area contributed by atoms with Crippen molar-refractivity contribution >= 4 is 0 Å². The highest BCUT2D eigenvalue weighted by atomic mass is 16.6. The molecule has 0 saturated carbocycles. The predicted octanol–water partition coefficient (Wildman–Crippen LogP) is 2.31. The summed E-state index contributed by atoms with van der Waals surface area (Å²) in [4.78, 5) is 0. The number of nitrogens with zero attached hydrogens (tertiary/aromatic N) is 2. The Balaban J connectivity index is 1.82. The SMILES string of the molecule is CCNC(Cn1ccc(C)n1)c1ccc2c(c1)OCCO2. The van der Waals surface area contributed by atoms with Gasteiger partial charge >= 0.3 is 0 Å². The van der Waals surface area contributed by atoms with Crippen molar-refractivity contribution in [2.24, 2.45) is 0 Å². The van der Waals surface area contributed by atoms with Gasteiger partial charge in [-0.1, -0.05) is 13.0 Å². The lowest BCUT2D eigenvalue weighted by molar-refractivity contribution is 0.171. The first-order valence-electron chi connectivity index (χ1n) is 7.39. The van der Waals surface area contributed by atoms with Crippen molar-refractivity contribution in [2.75, 3.05) is 19.8 Å². The molecule has 0 radical (unpaired) electrons. The summed E-state index contributed by atoms with van der Waals surface area (Å²) in [6.07, 6.45) is 2.01. The quantitative estimate of drug-likeness (QED) is 0.917. The predicted molar refractivity (Wildman–Crippen MR) is 80.8 cm³/mol. The Kier molecular flexibility index (Phi) is 4.10. The van der Waals surface area contributed by atoms with Gasteiger partial charge in [0, 0.05) is 6.20 Å². The average molecular weight is 287 g/mol. The summed E-state index contributed by atoms with van der Waals surface area (Å²) in [6, 6.07) is 8.37. The van der Waals surface area contributed by atoms with E-state index >= 15 is 0 Å². The first-order valence-corrected chi connectivity index (χ1v) is 7.39. The zero-order valence-electron chi connectivity index (χ0n) is 12.5. The number of likely N-dealkylation sites (N-methyl/N-ethyl adjacent to an activating group) is 1. The Hall–Kier alpha value is -2.01. The van der Waals surface area contributed by atoms with Crippen LogP contribution in [0.1, 0.15) is 24.2 Å². The molecule has 5 heteroatoms. The fourth-order valence-electron chi connectivity index (χ4n) is 2.56. The Morgan fingerprint density at radius 3 is 2.76 bits per heavy atom.